The molecule has 0 saturated heterocycles. The van der Waals surface area contributed by atoms with Gasteiger partial charge in [0.2, 0.25) is 0 Å². The molecule has 1 fully saturated rings. The number of nitrogens with one attached hydrogen (secondary N) is 2. The summed E-state index contributed by atoms with van der Waals surface area (Å²) in [6, 6.07) is 11.4. The van der Waals surface area contributed by atoms with Crippen molar-refractivity contribution in [1.82, 2.24) is 25.0 Å². The number of rotatable bonds is 7. The van der Waals surface area contributed by atoms with Gasteiger partial charge in [-0.05, 0) is 55.1 Å². The van der Waals surface area contributed by atoms with Gasteiger partial charge >= 0.3 is 0 Å². The molecule has 2 N–H and O–H groups in total. The maximum Gasteiger partial charge on any atom is 0.270 e. The zero-order valence-electron chi connectivity index (χ0n) is 18.1. The first-order valence-corrected chi connectivity index (χ1v) is 11.1. The Balaban J connectivity index is 1.30. The summed E-state index contributed by atoms with van der Waals surface area (Å²) in [5.74, 6) is -0.198. The van der Waals surface area contributed by atoms with Crippen molar-refractivity contribution in [3.05, 3.63) is 87.9 Å². The smallest absolute Gasteiger partial charge is 0.270 e. The highest BCUT2D eigenvalue weighted by atomic mass is 19.1. The molecule has 0 aliphatic heterocycles. The fourth-order valence-corrected chi connectivity index (χ4v) is 4.04. The molecule has 7 nitrogen and oxygen atoms in total. The summed E-state index contributed by atoms with van der Waals surface area (Å²) >= 11 is 0. The number of carbonyl (C=O) groups excluding carboxylic acids is 1. The van der Waals surface area contributed by atoms with Crippen LogP contribution in [0.15, 0.2) is 59.7 Å². The van der Waals surface area contributed by atoms with Gasteiger partial charge in [0, 0.05) is 42.5 Å². The lowest BCUT2D eigenvalue weighted by Crippen LogP contribution is -2.27. The van der Waals surface area contributed by atoms with E-state index in [1.165, 1.54) is 29.7 Å². The van der Waals surface area contributed by atoms with Crippen molar-refractivity contribution in [3.8, 4) is 0 Å². The summed E-state index contributed by atoms with van der Waals surface area (Å²) < 4.78 is 16.6. The molecule has 4 aromatic rings. The number of hydrogen-bond donors (Lipinski definition) is 2. The van der Waals surface area contributed by atoms with Crippen LogP contribution in [0.2, 0.25) is 0 Å². The van der Waals surface area contributed by atoms with Crippen LogP contribution >= 0.6 is 0 Å². The minimum Gasteiger partial charge on any atom is -0.347 e. The van der Waals surface area contributed by atoms with Crippen LogP contribution in [0, 0.1) is 11.7 Å². The molecule has 0 unspecified atom stereocenters. The Bertz CT molecular complexity index is 1400. The minimum atomic E-state index is -0.537. The molecule has 0 bridgehead atoms. The Morgan fingerprint density at radius 1 is 1.15 bits per heavy atom. The molecule has 1 aliphatic rings. The highest BCUT2D eigenvalue weighted by molar-refractivity contribution is 5.92. The molecule has 168 valence electrons. The molecule has 1 aliphatic carbocycles. The summed E-state index contributed by atoms with van der Waals surface area (Å²) in [4.78, 5) is 33.4. The van der Waals surface area contributed by atoms with Gasteiger partial charge < -0.3 is 10.6 Å². The topological polar surface area (TPSA) is 88.4 Å². The van der Waals surface area contributed by atoms with Gasteiger partial charge in [-0.1, -0.05) is 18.6 Å². The number of amides is 1. The SMILES string of the molecule is O=C(NCc1ccc2ncc(CNCC3CCC3)cc2c1F)c1cc(=O)n2ccccc2n1. The zero-order chi connectivity index (χ0) is 22.8. The zero-order valence-corrected chi connectivity index (χ0v) is 18.1. The molecule has 1 saturated carbocycles. The minimum absolute atomic E-state index is 0.00566. The van der Waals surface area contributed by atoms with E-state index in [0.29, 0.717) is 28.7 Å². The number of hydrogen-bond acceptors (Lipinski definition) is 5. The van der Waals surface area contributed by atoms with Gasteiger partial charge in [-0.3, -0.25) is 19.0 Å². The van der Waals surface area contributed by atoms with E-state index in [9.17, 15) is 9.59 Å². The standard InChI is InChI=1S/C25H24FN5O2/c26-24-18(15-29-25(33)21-11-23(32)31-9-2-1-6-22(31)30-21)7-8-20-19(24)10-17(14-28-20)13-27-12-16-4-3-5-16/h1-2,6-11,14,16,27H,3-5,12-13,15H2,(H,29,33). The third-order valence-electron chi connectivity index (χ3n) is 6.17. The lowest BCUT2D eigenvalue weighted by Gasteiger charge is -2.25. The van der Waals surface area contributed by atoms with E-state index in [1.54, 1.807) is 42.7 Å². The highest BCUT2D eigenvalue weighted by Gasteiger charge is 2.17. The molecule has 3 heterocycles. The van der Waals surface area contributed by atoms with Crippen LogP contribution in [-0.2, 0) is 13.1 Å². The van der Waals surface area contributed by atoms with Gasteiger partial charge in [0.15, 0.2) is 0 Å². The van der Waals surface area contributed by atoms with Crippen molar-refractivity contribution in [1.29, 1.82) is 0 Å². The maximum atomic E-state index is 15.2. The van der Waals surface area contributed by atoms with Gasteiger partial charge in [-0.15, -0.1) is 0 Å². The first kappa shape index (κ1) is 21.2. The van der Waals surface area contributed by atoms with E-state index in [-0.39, 0.29) is 17.8 Å². The molecule has 33 heavy (non-hydrogen) atoms. The lowest BCUT2D eigenvalue weighted by atomic mass is 9.85. The van der Waals surface area contributed by atoms with Crippen molar-refractivity contribution in [2.45, 2.75) is 32.4 Å². The van der Waals surface area contributed by atoms with Crippen molar-refractivity contribution in [2.24, 2.45) is 5.92 Å². The van der Waals surface area contributed by atoms with Gasteiger partial charge in [0.05, 0.1) is 5.52 Å². The van der Waals surface area contributed by atoms with Gasteiger partial charge in [0.1, 0.15) is 17.2 Å². The van der Waals surface area contributed by atoms with Crippen LogP contribution in [0.25, 0.3) is 16.6 Å². The first-order chi connectivity index (χ1) is 16.1. The van der Waals surface area contributed by atoms with E-state index in [4.69, 9.17) is 0 Å². The van der Waals surface area contributed by atoms with E-state index < -0.39 is 11.7 Å². The molecule has 3 aromatic heterocycles. The quantitative estimate of drug-likeness (QED) is 0.456. The molecular weight excluding hydrogens is 421 g/mol. The summed E-state index contributed by atoms with van der Waals surface area (Å²) in [6.45, 7) is 1.59. The van der Waals surface area contributed by atoms with Gasteiger partial charge in [-0.2, -0.15) is 0 Å². The van der Waals surface area contributed by atoms with Crippen LogP contribution < -0.4 is 16.2 Å². The Kier molecular flexibility index (Phi) is 5.83. The Hall–Kier alpha value is -3.65. The molecule has 1 amide bonds. The molecule has 0 atom stereocenters. The Labute approximate surface area is 189 Å². The molecule has 8 heteroatoms. The van der Waals surface area contributed by atoms with Crippen molar-refractivity contribution in [2.75, 3.05) is 6.54 Å². The second-order valence-corrected chi connectivity index (χ2v) is 8.47. The highest BCUT2D eigenvalue weighted by Crippen LogP contribution is 2.25. The van der Waals surface area contributed by atoms with Crippen molar-refractivity contribution < 1.29 is 9.18 Å². The number of pyridine rings is 2. The van der Waals surface area contributed by atoms with Crippen LogP contribution in [0.4, 0.5) is 4.39 Å². The fraction of sp³-hybridized carbons (Fsp3) is 0.280. The van der Waals surface area contributed by atoms with Gasteiger partial charge in [-0.25, -0.2) is 9.37 Å². The Morgan fingerprint density at radius 2 is 2.03 bits per heavy atom. The van der Waals surface area contributed by atoms with E-state index in [0.717, 1.165) is 18.0 Å². The predicted octanol–water partition coefficient (Wildman–Crippen LogP) is 3.20. The summed E-state index contributed by atoms with van der Waals surface area (Å²) in [7, 11) is 0. The fourth-order valence-electron chi connectivity index (χ4n) is 4.04. The predicted molar refractivity (Wildman–Crippen MR) is 123 cm³/mol. The number of fused-ring (bicyclic) bond motifs is 2. The molecular formula is C25H24FN5O2. The molecule has 5 rings (SSSR count). The molecule has 0 radical (unpaired) electrons. The average molecular weight is 445 g/mol. The maximum absolute atomic E-state index is 15.2. The summed E-state index contributed by atoms with van der Waals surface area (Å²) in [5.41, 5.74) is 1.84. The third-order valence-corrected chi connectivity index (χ3v) is 6.17. The number of benzene rings is 1. The van der Waals surface area contributed by atoms with E-state index in [1.807, 2.05) is 6.07 Å². The normalized spacial score (nSPS) is 13.8. The lowest BCUT2D eigenvalue weighted by molar-refractivity contribution is 0.0945. The van der Waals surface area contributed by atoms with Crippen molar-refractivity contribution >= 4 is 22.5 Å². The van der Waals surface area contributed by atoms with Gasteiger partial charge in [0.25, 0.3) is 11.5 Å². The van der Waals surface area contributed by atoms with Crippen LogP contribution in [0.3, 0.4) is 0 Å². The van der Waals surface area contributed by atoms with Crippen molar-refractivity contribution in [3.63, 3.8) is 0 Å². The summed E-state index contributed by atoms with van der Waals surface area (Å²) in [6.07, 6.45) is 7.21. The van der Waals surface area contributed by atoms with E-state index in [2.05, 4.69) is 20.6 Å². The van der Waals surface area contributed by atoms with Crippen LogP contribution in [0.5, 0.6) is 0 Å². The Morgan fingerprint density at radius 3 is 2.85 bits per heavy atom. The second kappa shape index (κ2) is 9.07. The molecule has 0 spiro atoms. The van der Waals surface area contributed by atoms with E-state index >= 15 is 4.39 Å². The average Bonchev–Trinajstić information content (AvgIpc) is 2.80. The number of nitrogens with zero attached hydrogens (tertiary/aromatic N) is 3. The largest absolute Gasteiger partial charge is 0.347 e. The number of halogens is 1. The monoisotopic (exact) mass is 445 g/mol. The van der Waals surface area contributed by atoms with Crippen LogP contribution in [-0.4, -0.2) is 26.8 Å². The third kappa shape index (κ3) is 4.47. The summed E-state index contributed by atoms with van der Waals surface area (Å²) in [5, 5.41) is 6.51. The number of aromatic nitrogens is 3. The number of carbonyl (C=O) groups is 1. The molecule has 1 aromatic carbocycles. The van der Waals surface area contributed by atoms with Crippen LogP contribution in [0.1, 0.15) is 40.9 Å². The first-order valence-electron chi connectivity index (χ1n) is 11.1. The second-order valence-electron chi connectivity index (χ2n) is 8.47.